The van der Waals surface area contributed by atoms with Crippen molar-refractivity contribution in [1.82, 2.24) is 0 Å². The van der Waals surface area contributed by atoms with E-state index in [1.165, 1.54) is 5.57 Å². The van der Waals surface area contributed by atoms with Crippen LogP contribution in [-0.2, 0) is 4.74 Å². The van der Waals surface area contributed by atoms with E-state index in [4.69, 9.17) is 23.5 Å². The smallest absolute Gasteiger partial charge is 0.252 e. The standard InChI is InChI=1S/C22H32N2O2S/c1-14-7-8-16(22(5)12-10-17(26-22)20(2,3)23-6)18-15(14)9-11-21(4,25)19(18)24-13-27/h15-19,25H,1,7-12H2,2-5H3/t15-,16+,17+,18+,19-,21-,22-/m1/s1. The Bertz CT molecular complexity index is 704. The molecule has 1 saturated heterocycles. The van der Waals surface area contributed by atoms with Gasteiger partial charge in [0.15, 0.2) is 0 Å². The van der Waals surface area contributed by atoms with Crippen molar-refractivity contribution in [2.24, 2.45) is 22.7 Å². The Labute approximate surface area is 168 Å². The second-order valence-corrected chi connectivity index (χ2v) is 9.95. The zero-order valence-electron chi connectivity index (χ0n) is 17.0. The average molecular weight is 389 g/mol. The van der Waals surface area contributed by atoms with Crippen LogP contribution in [0.2, 0.25) is 0 Å². The van der Waals surface area contributed by atoms with Gasteiger partial charge < -0.3 is 14.7 Å². The van der Waals surface area contributed by atoms with Gasteiger partial charge in [-0.15, -0.1) is 0 Å². The summed E-state index contributed by atoms with van der Waals surface area (Å²) in [6, 6.07) is -0.274. The molecule has 2 aliphatic carbocycles. The van der Waals surface area contributed by atoms with Crippen molar-refractivity contribution in [2.45, 2.75) is 95.1 Å². The minimum Gasteiger partial charge on any atom is -0.388 e. The molecule has 0 radical (unpaired) electrons. The molecule has 0 bridgehead atoms. The summed E-state index contributed by atoms with van der Waals surface area (Å²) in [5, 5.41) is 13.6. The molecular formula is C22H32N2O2S. The number of hydrogen-bond acceptors (Lipinski definition) is 4. The Morgan fingerprint density at radius 3 is 2.67 bits per heavy atom. The number of rotatable bonds is 3. The van der Waals surface area contributed by atoms with Gasteiger partial charge in [-0.2, -0.15) is 0 Å². The summed E-state index contributed by atoms with van der Waals surface area (Å²) in [5.41, 5.74) is -0.429. The van der Waals surface area contributed by atoms with E-state index in [2.05, 4.69) is 28.5 Å². The molecule has 1 heterocycles. The van der Waals surface area contributed by atoms with Crippen molar-refractivity contribution in [2.75, 3.05) is 0 Å². The van der Waals surface area contributed by atoms with Gasteiger partial charge in [-0.3, -0.25) is 0 Å². The van der Waals surface area contributed by atoms with Gasteiger partial charge in [0, 0.05) is 13.8 Å². The minimum atomic E-state index is -0.882. The largest absolute Gasteiger partial charge is 0.388 e. The van der Waals surface area contributed by atoms with Gasteiger partial charge in [-0.1, -0.05) is 12.2 Å². The van der Waals surface area contributed by atoms with Gasteiger partial charge >= 0.3 is 0 Å². The van der Waals surface area contributed by atoms with E-state index < -0.39 is 11.1 Å². The summed E-state index contributed by atoms with van der Waals surface area (Å²) in [6.45, 7) is 19.9. The van der Waals surface area contributed by atoms with Crippen molar-refractivity contribution in [3.8, 4) is 0 Å². The van der Waals surface area contributed by atoms with E-state index in [1.54, 1.807) is 0 Å². The predicted octanol–water partition coefficient (Wildman–Crippen LogP) is 4.84. The molecule has 5 heteroatoms. The minimum absolute atomic E-state index is 0.0554. The lowest BCUT2D eigenvalue weighted by atomic mass is 9.55. The second kappa shape index (κ2) is 7.08. The van der Waals surface area contributed by atoms with Crippen molar-refractivity contribution in [3.05, 3.63) is 23.6 Å². The van der Waals surface area contributed by atoms with E-state index in [-0.39, 0.29) is 29.6 Å². The van der Waals surface area contributed by atoms with E-state index in [0.717, 1.165) is 32.1 Å². The molecule has 2 saturated carbocycles. The molecule has 0 aromatic heterocycles. The molecule has 0 aromatic rings. The van der Waals surface area contributed by atoms with Crippen molar-refractivity contribution < 1.29 is 9.84 Å². The predicted molar refractivity (Wildman–Crippen MR) is 111 cm³/mol. The summed E-state index contributed by atoms with van der Waals surface area (Å²) < 4.78 is 6.61. The third-order valence-corrected chi connectivity index (χ3v) is 7.67. The van der Waals surface area contributed by atoms with Gasteiger partial charge in [0.05, 0.1) is 22.4 Å². The summed E-state index contributed by atoms with van der Waals surface area (Å²) in [6.07, 6.45) is 5.41. The fourth-order valence-corrected chi connectivity index (χ4v) is 5.93. The van der Waals surface area contributed by atoms with Gasteiger partial charge in [0.2, 0.25) is 0 Å². The molecule has 0 amide bonds. The number of ether oxygens (including phenoxy) is 1. The van der Waals surface area contributed by atoms with Crippen LogP contribution in [0, 0.1) is 24.3 Å². The molecule has 0 aromatic carbocycles. The van der Waals surface area contributed by atoms with Crippen LogP contribution in [-0.4, -0.2) is 39.2 Å². The zero-order chi connectivity index (χ0) is 20.0. The Morgan fingerprint density at radius 1 is 1.33 bits per heavy atom. The highest BCUT2D eigenvalue weighted by molar-refractivity contribution is 7.78. The molecule has 3 fully saturated rings. The summed E-state index contributed by atoms with van der Waals surface area (Å²) >= 11 is 4.93. The summed E-state index contributed by atoms with van der Waals surface area (Å²) in [7, 11) is 0. The van der Waals surface area contributed by atoms with Crippen molar-refractivity contribution in [3.63, 3.8) is 0 Å². The van der Waals surface area contributed by atoms with Crippen LogP contribution >= 0.6 is 12.2 Å². The molecule has 7 atom stereocenters. The molecular weight excluding hydrogens is 356 g/mol. The molecule has 27 heavy (non-hydrogen) atoms. The maximum Gasteiger partial charge on any atom is 0.252 e. The topological polar surface area (TPSA) is 46.2 Å². The van der Waals surface area contributed by atoms with Crippen LogP contribution in [0.25, 0.3) is 4.85 Å². The number of thiocarbonyl (C=S) groups is 1. The maximum absolute atomic E-state index is 11.1. The monoisotopic (exact) mass is 388 g/mol. The first-order valence-corrected chi connectivity index (χ1v) is 10.5. The Balaban J connectivity index is 1.96. The molecule has 0 unspecified atom stereocenters. The first-order valence-electron chi connectivity index (χ1n) is 10.1. The molecule has 0 spiro atoms. The SMILES string of the molecule is [C-]#[N+]C(C)(C)[C@@H]1CC[C@](C)([C@H]2CCC(=C)[C@H]3CC[C@@](C)(O)[C@H](N=C=S)[C@@H]32)O1. The molecule has 1 aliphatic heterocycles. The van der Waals surface area contributed by atoms with Crippen LogP contribution in [0.4, 0.5) is 0 Å². The van der Waals surface area contributed by atoms with Gasteiger partial charge in [-0.25, -0.2) is 11.6 Å². The van der Waals surface area contributed by atoms with Crippen LogP contribution in [0.15, 0.2) is 17.1 Å². The first-order chi connectivity index (χ1) is 12.6. The number of fused-ring (bicyclic) bond motifs is 1. The lowest BCUT2D eigenvalue weighted by Gasteiger charge is -2.54. The molecule has 1 N–H and O–H groups in total. The normalized spacial score (nSPS) is 44.9. The van der Waals surface area contributed by atoms with Crippen LogP contribution in [0.3, 0.4) is 0 Å². The number of aliphatic hydroxyl groups is 1. The Morgan fingerprint density at radius 2 is 2.04 bits per heavy atom. The number of hydrogen-bond donors (Lipinski definition) is 1. The zero-order valence-corrected chi connectivity index (χ0v) is 17.8. The van der Waals surface area contributed by atoms with Gasteiger partial charge in [-0.05, 0) is 82.3 Å². The Kier molecular flexibility index (Phi) is 5.42. The van der Waals surface area contributed by atoms with Crippen LogP contribution in [0.5, 0.6) is 0 Å². The number of nitrogens with zero attached hydrogens (tertiary/aromatic N) is 2. The number of allylic oxidation sites excluding steroid dienone is 1. The third-order valence-electron chi connectivity index (χ3n) is 7.56. The van der Waals surface area contributed by atoms with Gasteiger partial charge in [0.25, 0.3) is 5.54 Å². The molecule has 3 rings (SSSR count). The fourth-order valence-electron chi connectivity index (χ4n) is 5.82. The summed E-state index contributed by atoms with van der Waals surface area (Å²) in [4.78, 5) is 8.26. The van der Waals surface area contributed by atoms with E-state index in [9.17, 15) is 5.11 Å². The first kappa shape index (κ1) is 20.7. The highest BCUT2D eigenvalue weighted by Crippen LogP contribution is 2.56. The highest BCUT2D eigenvalue weighted by Gasteiger charge is 2.58. The quantitative estimate of drug-likeness (QED) is 0.326. The molecule has 148 valence electrons. The molecule has 4 nitrogen and oxygen atoms in total. The highest BCUT2D eigenvalue weighted by atomic mass is 32.1. The van der Waals surface area contributed by atoms with E-state index >= 15 is 0 Å². The van der Waals surface area contributed by atoms with Gasteiger partial charge in [0.1, 0.15) is 6.10 Å². The van der Waals surface area contributed by atoms with Crippen LogP contribution in [0.1, 0.15) is 66.2 Å². The van der Waals surface area contributed by atoms with E-state index in [0.29, 0.717) is 12.3 Å². The second-order valence-electron chi connectivity index (χ2n) is 9.77. The number of aliphatic imine (C=N–C) groups is 1. The summed E-state index contributed by atoms with van der Waals surface area (Å²) in [5.74, 6) is 0.767. The van der Waals surface area contributed by atoms with Crippen molar-refractivity contribution >= 4 is 17.4 Å². The Hall–Kier alpha value is -1.05. The van der Waals surface area contributed by atoms with E-state index in [1.807, 2.05) is 20.8 Å². The molecule has 3 aliphatic rings. The lowest BCUT2D eigenvalue weighted by Crippen LogP contribution is -2.57. The fraction of sp³-hybridized carbons (Fsp3) is 0.818. The van der Waals surface area contributed by atoms with Crippen molar-refractivity contribution in [1.29, 1.82) is 0 Å². The maximum atomic E-state index is 11.1. The third kappa shape index (κ3) is 3.54. The van der Waals surface area contributed by atoms with Crippen LogP contribution < -0.4 is 0 Å². The number of isothiocyanates is 1. The lowest BCUT2D eigenvalue weighted by molar-refractivity contribution is -0.135. The average Bonchev–Trinajstić information content (AvgIpc) is 3.01.